The smallest absolute Gasteiger partial charge is 0.196 e. The molecule has 7 heteroatoms. The Labute approximate surface area is 180 Å². The number of likely N-dealkylation sites (N-methyl/N-ethyl adjacent to an activating group) is 1. The lowest BCUT2D eigenvalue weighted by molar-refractivity contribution is -0.880. The summed E-state index contributed by atoms with van der Waals surface area (Å²) >= 11 is 0. The molecular formula is C24H25N4O3+. The Morgan fingerprint density at radius 1 is 1.03 bits per heavy atom. The van der Waals surface area contributed by atoms with Crippen LogP contribution in [-0.4, -0.2) is 44.8 Å². The Balaban J connectivity index is 1.64. The van der Waals surface area contributed by atoms with Gasteiger partial charge in [-0.2, -0.15) is 0 Å². The first kappa shape index (κ1) is 19.4. The molecule has 3 aromatic rings. The number of ketones is 2. The van der Waals surface area contributed by atoms with Gasteiger partial charge in [-0.25, -0.2) is 0 Å². The van der Waals surface area contributed by atoms with Crippen molar-refractivity contribution in [3.05, 3.63) is 76.7 Å². The molecule has 7 nitrogen and oxygen atoms in total. The third-order valence-electron chi connectivity index (χ3n) is 6.21. The second-order valence-corrected chi connectivity index (χ2v) is 8.19. The van der Waals surface area contributed by atoms with Crippen LogP contribution in [0.2, 0.25) is 0 Å². The van der Waals surface area contributed by atoms with Crippen molar-refractivity contribution in [3.63, 3.8) is 0 Å². The van der Waals surface area contributed by atoms with E-state index >= 15 is 0 Å². The van der Waals surface area contributed by atoms with Crippen LogP contribution in [-0.2, 0) is 6.54 Å². The van der Waals surface area contributed by atoms with Gasteiger partial charge in [0.2, 0.25) is 0 Å². The van der Waals surface area contributed by atoms with Crippen LogP contribution in [0.3, 0.4) is 0 Å². The van der Waals surface area contributed by atoms with Gasteiger partial charge in [0.05, 0.1) is 68.5 Å². The number of hydrogen-bond donors (Lipinski definition) is 3. The molecule has 1 saturated heterocycles. The van der Waals surface area contributed by atoms with E-state index in [1.165, 1.54) is 4.90 Å². The van der Waals surface area contributed by atoms with E-state index in [0.717, 1.165) is 37.6 Å². The zero-order chi connectivity index (χ0) is 21.5. The zero-order valence-electron chi connectivity index (χ0n) is 17.4. The zero-order valence-corrected chi connectivity index (χ0v) is 17.4. The van der Waals surface area contributed by atoms with Gasteiger partial charge in [0, 0.05) is 16.8 Å². The monoisotopic (exact) mass is 417 g/mol. The summed E-state index contributed by atoms with van der Waals surface area (Å²) in [6, 6.07) is 12.5. The van der Waals surface area contributed by atoms with E-state index in [9.17, 15) is 9.59 Å². The van der Waals surface area contributed by atoms with Crippen molar-refractivity contribution in [1.29, 1.82) is 0 Å². The highest BCUT2D eigenvalue weighted by molar-refractivity contribution is 6.32. The van der Waals surface area contributed by atoms with Crippen molar-refractivity contribution in [3.8, 4) is 0 Å². The van der Waals surface area contributed by atoms with Crippen LogP contribution in [0.5, 0.6) is 0 Å². The second kappa shape index (κ2) is 7.59. The second-order valence-electron chi connectivity index (χ2n) is 8.19. The fourth-order valence-corrected chi connectivity index (χ4v) is 4.43. The minimum absolute atomic E-state index is 0.187. The molecule has 1 aromatic heterocycles. The molecule has 2 aliphatic rings. The van der Waals surface area contributed by atoms with Crippen LogP contribution >= 0.6 is 0 Å². The van der Waals surface area contributed by atoms with Crippen LogP contribution in [0.15, 0.2) is 53.1 Å². The van der Waals surface area contributed by atoms with E-state index in [1.807, 2.05) is 18.2 Å². The molecule has 1 aliphatic carbocycles. The number of hydrogen-bond acceptors (Lipinski definition) is 6. The summed E-state index contributed by atoms with van der Waals surface area (Å²) in [6.45, 7) is 4.05. The fraction of sp³-hybridized carbons (Fsp3) is 0.250. The van der Waals surface area contributed by atoms with E-state index in [2.05, 4.69) is 17.3 Å². The number of fused-ring (bicyclic) bond motifs is 2. The van der Waals surface area contributed by atoms with Gasteiger partial charge in [-0.15, -0.1) is 0 Å². The molecule has 1 aliphatic heterocycles. The maximum Gasteiger partial charge on any atom is 0.196 e. The van der Waals surface area contributed by atoms with Crippen molar-refractivity contribution in [2.24, 2.45) is 0 Å². The van der Waals surface area contributed by atoms with Crippen LogP contribution in [0.25, 0.3) is 0 Å². The molecule has 0 bridgehead atoms. The number of nitrogens with two attached hydrogens (primary N) is 1. The number of anilines is 3. The molecule has 1 fully saturated rings. The van der Waals surface area contributed by atoms with Crippen LogP contribution in [0.4, 0.5) is 17.1 Å². The van der Waals surface area contributed by atoms with Crippen LogP contribution in [0, 0.1) is 0 Å². The lowest BCUT2D eigenvalue weighted by Crippen LogP contribution is -3.12. The molecule has 4 N–H and O–H groups in total. The summed E-state index contributed by atoms with van der Waals surface area (Å²) in [5, 5.41) is 3.32. The number of piperazine rings is 1. The Morgan fingerprint density at radius 2 is 1.71 bits per heavy atom. The van der Waals surface area contributed by atoms with Gasteiger partial charge >= 0.3 is 0 Å². The molecule has 0 unspecified atom stereocenters. The van der Waals surface area contributed by atoms with Gasteiger partial charge in [-0.05, 0) is 18.2 Å². The summed E-state index contributed by atoms with van der Waals surface area (Å²) in [6.07, 6.45) is 1.61. The number of benzene rings is 2. The van der Waals surface area contributed by atoms with E-state index in [0.29, 0.717) is 40.2 Å². The SMILES string of the molecule is C[NH+]1CCN(c2cc(NCc3ccco3)c3c(c2N)C(=O)c2ccccc2C3=O)CC1. The molecule has 158 valence electrons. The standard InChI is InChI=1S/C24H24N4O3/c1-27-8-10-28(11-9-27)19-13-18(26-14-15-5-4-12-31-15)20-21(22(19)25)24(30)17-7-3-2-6-16(17)23(20)29/h2-7,12-13,26H,8-11,14,25H2,1H3/p+1. The van der Waals surface area contributed by atoms with Gasteiger partial charge in [0.1, 0.15) is 5.76 Å². The van der Waals surface area contributed by atoms with E-state index in [-0.39, 0.29) is 11.6 Å². The molecule has 0 spiro atoms. The van der Waals surface area contributed by atoms with Crippen LogP contribution < -0.4 is 20.9 Å². The normalized spacial score (nSPS) is 16.2. The highest BCUT2D eigenvalue weighted by Gasteiger charge is 2.35. The number of nitrogens with one attached hydrogen (secondary N) is 2. The Bertz CT molecular complexity index is 1160. The first-order chi connectivity index (χ1) is 15.0. The number of furan rings is 1. The Hall–Kier alpha value is -3.58. The maximum absolute atomic E-state index is 13.4. The van der Waals surface area contributed by atoms with Crippen molar-refractivity contribution in [2.45, 2.75) is 6.54 Å². The highest BCUT2D eigenvalue weighted by Crippen LogP contribution is 2.41. The third kappa shape index (κ3) is 3.27. The van der Waals surface area contributed by atoms with Gasteiger partial charge in [0.25, 0.3) is 0 Å². The maximum atomic E-state index is 13.4. The average Bonchev–Trinajstić information content (AvgIpc) is 3.31. The summed E-state index contributed by atoms with van der Waals surface area (Å²) in [7, 11) is 2.17. The molecule has 31 heavy (non-hydrogen) atoms. The van der Waals surface area contributed by atoms with Gasteiger partial charge in [-0.3, -0.25) is 9.59 Å². The third-order valence-corrected chi connectivity index (χ3v) is 6.21. The Morgan fingerprint density at radius 3 is 2.35 bits per heavy atom. The molecular weight excluding hydrogens is 392 g/mol. The first-order valence-electron chi connectivity index (χ1n) is 10.5. The number of rotatable bonds is 4. The van der Waals surface area contributed by atoms with Crippen molar-refractivity contribution < 1.29 is 18.9 Å². The fourth-order valence-electron chi connectivity index (χ4n) is 4.43. The molecule has 0 amide bonds. The van der Waals surface area contributed by atoms with E-state index in [4.69, 9.17) is 10.2 Å². The molecule has 0 saturated carbocycles. The minimum Gasteiger partial charge on any atom is -0.467 e. The van der Waals surface area contributed by atoms with E-state index in [1.54, 1.807) is 30.5 Å². The van der Waals surface area contributed by atoms with Gasteiger partial charge in [0.15, 0.2) is 11.6 Å². The predicted molar refractivity (Wildman–Crippen MR) is 119 cm³/mol. The first-order valence-corrected chi connectivity index (χ1v) is 10.5. The summed E-state index contributed by atoms with van der Waals surface area (Å²) in [5.74, 6) is 0.351. The molecule has 0 atom stereocenters. The number of nitrogens with zero attached hydrogens (tertiary/aromatic N) is 1. The van der Waals surface area contributed by atoms with Crippen LogP contribution in [0.1, 0.15) is 37.6 Å². The predicted octanol–water partition coefficient (Wildman–Crippen LogP) is 1.58. The number of quaternary nitrogens is 1. The van der Waals surface area contributed by atoms with E-state index < -0.39 is 0 Å². The summed E-state index contributed by atoms with van der Waals surface area (Å²) < 4.78 is 5.43. The average molecular weight is 417 g/mol. The van der Waals surface area contributed by atoms with Gasteiger partial charge < -0.3 is 25.3 Å². The minimum atomic E-state index is -0.203. The van der Waals surface area contributed by atoms with Crippen molar-refractivity contribution in [1.82, 2.24) is 0 Å². The summed E-state index contributed by atoms with van der Waals surface area (Å²) in [5.41, 5.74) is 9.82. The molecule has 2 heterocycles. The lowest BCUT2D eigenvalue weighted by Gasteiger charge is -2.34. The molecule has 5 rings (SSSR count). The number of nitrogen functional groups attached to an aromatic ring is 1. The van der Waals surface area contributed by atoms with Crippen molar-refractivity contribution >= 4 is 28.6 Å². The topological polar surface area (TPSA) is 93.0 Å². The Kier molecular flexibility index (Phi) is 4.75. The molecule has 2 aromatic carbocycles. The lowest BCUT2D eigenvalue weighted by atomic mass is 9.81. The summed E-state index contributed by atoms with van der Waals surface area (Å²) in [4.78, 5) is 30.5. The highest BCUT2D eigenvalue weighted by atomic mass is 16.3. The van der Waals surface area contributed by atoms with Crippen molar-refractivity contribution in [2.75, 3.05) is 49.2 Å². The quantitative estimate of drug-likeness (QED) is 0.437. The van der Waals surface area contributed by atoms with Gasteiger partial charge in [-0.1, -0.05) is 24.3 Å². The largest absolute Gasteiger partial charge is 0.467 e. The molecule has 0 radical (unpaired) electrons. The number of carbonyl (C=O) groups is 2. The number of carbonyl (C=O) groups excluding carboxylic acids is 2.